The highest BCUT2D eigenvalue weighted by molar-refractivity contribution is 6.34. The summed E-state index contributed by atoms with van der Waals surface area (Å²) in [7, 11) is 2.88. The van der Waals surface area contributed by atoms with E-state index < -0.39 is 17.8 Å². The van der Waals surface area contributed by atoms with Crippen molar-refractivity contribution in [3.05, 3.63) is 53.1 Å². The number of carbonyl (C=O) groups excluding carboxylic acids is 2. The van der Waals surface area contributed by atoms with Crippen molar-refractivity contribution in [3.63, 3.8) is 0 Å². The number of anilines is 1. The Labute approximate surface area is 149 Å². The summed E-state index contributed by atoms with van der Waals surface area (Å²) in [4.78, 5) is 37.4. The minimum atomic E-state index is -0.961. The molecule has 2 aromatic rings. The second-order valence-corrected chi connectivity index (χ2v) is 5.73. The summed E-state index contributed by atoms with van der Waals surface area (Å²) in [5.74, 6) is -1.11. The Balaban J connectivity index is 2.08. The molecule has 0 fully saturated rings. The normalized spacial score (nSPS) is 12.9. The number of hydrogen-bond acceptors (Lipinski definition) is 5. The standard InChI is InChI=1S/C19H17NO6/c1-25-15-10-12(9-11(17(15)26-2)7-8-16(21)22)20-18(23)13-5-3-4-6-14(13)19(20)24/h3-6,9-10H,7-8H2,1-2H3,(H,21,22). The van der Waals surface area contributed by atoms with Crippen molar-refractivity contribution in [2.45, 2.75) is 12.8 Å². The van der Waals surface area contributed by atoms with Crippen molar-refractivity contribution in [1.82, 2.24) is 0 Å². The number of carboxylic acids is 1. The van der Waals surface area contributed by atoms with E-state index in [4.69, 9.17) is 14.6 Å². The van der Waals surface area contributed by atoms with Gasteiger partial charge in [-0.05, 0) is 24.6 Å². The van der Waals surface area contributed by atoms with Crippen LogP contribution >= 0.6 is 0 Å². The van der Waals surface area contributed by atoms with Crippen LogP contribution in [0.4, 0.5) is 5.69 Å². The molecular weight excluding hydrogens is 338 g/mol. The molecule has 2 aromatic carbocycles. The molecule has 3 rings (SSSR count). The molecule has 0 unspecified atom stereocenters. The van der Waals surface area contributed by atoms with Crippen LogP contribution in [0.3, 0.4) is 0 Å². The maximum atomic E-state index is 12.7. The SMILES string of the molecule is COc1cc(N2C(=O)c3ccccc3C2=O)cc(CCC(=O)O)c1OC. The number of hydrogen-bond donors (Lipinski definition) is 1. The van der Waals surface area contributed by atoms with Crippen LogP contribution in [0.2, 0.25) is 0 Å². The van der Waals surface area contributed by atoms with Crippen LogP contribution in [0.5, 0.6) is 11.5 Å². The van der Waals surface area contributed by atoms with Gasteiger partial charge in [0.25, 0.3) is 11.8 Å². The smallest absolute Gasteiger partial charge is 0.303 e. The topological polar surface area (TPSA) is 93.1 Å². The minimum absolute atomic E-state index is 0.120. The highest BCUT2D eigenvalue weighted by atomic mass is 16.5. The Kier molecular flexibility index (Phi) is 4.62. The van der Waals surface area contributed by atoms with E-state index in [-0.39, 0.29) is 12.8 Å². The number of amides is 2. The predicted molar refractivity (Wildman–Crippen MR) is 93.1 cm³/mol. The van der Waals surface area contributed by atoms with E-state index >= 15 is 0 Å². The van der Waals surface area contributed by atoms with Gasteiger partial charge in [-0.1, -0.05) is 12.1 Å². The summed E-state index contributed by atoms with van der Waals surface area (Å²) >= 11 is 0. The molecule has 1 aliphatic heterocycles. The lowest BCUT2D eigenvalue weighted by Crippen LogP contribution is -2.29. The Morgan fingerprint density at radius 2 is 1.65 bits per heavy atom. The number of methoxy groups -OCH3 is 2. The number of aliphatic carboxylic acids is 1. The fourth-order valence-corrected chi connectivity index (χ4v) is 3.01. The number of carbonyl (C=O) groups is 3. The third-order valence-electron chi connectivity index (χ3n) is 4.20. The number of nitrogens with zero attached hydrogens (tertiary/aromatic N) is 1. The molecule has 1 aliphatic rings. The zero-order valence-corrected chi connectivity index (χ0v) is 14.3. The van der Waals surface area contributed by atoms with Gasteiger partial charge in [0.05, 0.1) is 31.0 Å². The van der Waals surface area contributed by atoms with Gasteiger partial charge >= 0.3 is 5.97 Å². The van der Waals surface area contributed by atoms with Gasteiger partial charge in [0.15, 0.2) is 11.5 Å². The number of fused-ring (bicyclic) bond motifs is 1. The average molecular weight is 355 g/mol. The van der Waals surface area contributed by atoms with Crippen LogP contribution in [0, 0.1) is 0 Å². The first-order valence-corrected chi connectivity index (χ1v) is 7.92. The second kappa shape index (κ2) is 6.87. The third kappa shape index (κ3) is 2.88. The first-order valence-electron chi connectivity index (χ1n) is 7.92. The Hall–Kier alpha value is -3.35. The van der Waals surface area contributed by atoms with Crippen LogP contribution < -0.4 is 14.4 Å². The quantitative estimate of drug-likeness (QED) is 0.801. The van der Waals surface area contributed by atoms with Crippen molar-refractivity contribution in [1.29, 1.82) is 0 Å². The lowest BCUT2D eigenvalue weighted by atomic mass is 10.1. The van der Waals surface area contributed by atoms with E-state index in [0.717, 1.165) is 4.90 Å². The van der Waals surface area contributed by atoms with E-state index in [1.54, 1.807) is 30.3 Å². The maximum Gasteiger partial charge on any atom is 0.303 e. The summed E-state index contributed by atoms with van der Waals surface area (Å²) in [5, 5.41) is 8.96. The van der Waals surface area contributed by atoms with Crippen LogP contribution in [0.15, 0.2) is 36.4 Å². The first-order chi connectivity index (χ1) is 12.5. The monoisotopic (exact) mass is 355 g/mol. The molecule has 7 nitrogen and oxygen atoms in total. The molecule has 0 saturated heterocycles. The summed E-state index contributed by atoms with van der Waals surface area (Å²) in [6.45, 7) is 0. The molecule has 0 radical (unpaired) electrons. The van der Waals surface area contributed by atoms with Crippen LogP contribution in [0.1, 0.15) is 32.7 Å². The maximum absolute atomic E-state index is 12.7. The molecular formula is C19H17NO6. The highest BCUT2D eigenvalue weighted by Crippen LogP contribution is 2.39. The largest absolute Gasteiger partial charge is 0.493 e. The lowest BCUT2D eigenvalue weighted by Gasteiger charge is -2.19. The number of imide groups is 1. The molecule has 0 aliphatic carbocycles. The van der Waals surface area contributed by atoms with Crippen molar-refractivity contribution < 1.29 is 29.0 Å². The summed E-state index contributed by atoms with van der Waals surface area (Å²) in [5.41, 5.74) is 1.52. The molecule has 0 aromatic heterocycles. The van der Waals surface area contributed by atoms with Gasteiger partial charge in [-0.2, -0.15) is 0 Å². The Morgan fingerprint density at radius 1 is 1.04 bits per heavy atom. The molecule has 26 heavy (non-hydrogen) atoms. The zero-order valence-electron chi connectivity index (χ0n) is 14.3. The molecule has 1 N–H and O–H groups in total. The molecule has 0 atom stereocenters. The van der Waals surface area contributed by atoms with Gasteiger partial charge in [-0.3, -0.25) is 14.4 Å². The van der Waals surface area contributed by atoms with Crippen LogP contribution in [0.25, 0.3) is 0 Å². The number of aryl methyl sites for hydroxylation is 1. The van der Waals surface area contributed by atoms with Crippen molar-refractivity contribution in [3.8, 4) is 11.5 Å². The first kappa shape index (κ1) is 17.5. The average Bonchev–Trinajstić information content (AvgIpc) is 2.90. The zero-order chi connectivity index (χ0) is 18.8. The van der Waals surface area contributed by atoms with E-state index in [1.807, 2.05) is 0 Å². The Bertz CT molecular complexity index is 870. The lowest BCUT2D eigenvalue weighted by molar-refractivity contribution is -0.136. The molecule has 0 bridgehead atoms. The fraction of sp³-hybridized carbons (Fsp3) is 0.211. The molecule has 134 valence electrons. The number of rotatable bonds is 6. The van der Waals surface area contributed by atoms with E-state index in [2.05, 4.69) is 0 Å². The molecule has 0 saturated carbocycles. The Morgan fingerprint density at radius 3 is 2.15 bits per heavy atom. The van der Waals surface area contributed by atoms with E-state index in [0.29, 0.717) is 33.9 Å². The molecule has 7 heteroatoms. The minimum Gasteiger partial charge on any atom is -0.493 e. The molecule has 2 amide bonds. The van der Waals surface area contributed by atoms with Crippen molar-refractivity contribution >= 4 is 23.5 Å². The van der Waals surface area contributed by atoms with Gasteiger partial charge < -0.3 is 14.6 Å². The van der Waals surface area contributed by atoms with Gasteiger partial charge in [-0.15, -0.1) is 0 Å². The highest BCUT2D eigenvalue weighted by Gasteiger charge is 2.37. The van der Waals surface area contributed by atoms with Crippen LogP contribution in [-0.4, -0.2) is 37.1 Å². The summed E-state index contributed by atoms with van der Waals surface area (Å²) < 4.78 is 10.6. The van der Waals surface area contributed by atoms with Crippen LogP contribution in [-0.2, 0) is 11.2 Å². The van der Waals surface area contributed by atoms with E-state index in [9.17, 15) is 14.4 Å². The molecule has 0 spiro atoms. The van der Waals surface area contributed by atoms with Crippen molar-refractivity contribution in [2.75, 3.05) is 19.1 Å². The summed E-state index contributed by atoms with van der Waals surface area (Å²) in [6, 6.07) is 9.71. The second-order valence-electron chi connectivity index (χ2n) is 5.73. The number of benzene rings is 2. The summed E-state index contributed by atoms with van der Waals surface area (Å²) in [6.07, 6.45) is 0.0525. The number of carboxylic acid groups (broad SMARTS) is 1. The molecule has 1 heterocycles. The van der Waals surface area contributed by atoms with Crippen molar-refractivity contribution in [2.24, 2.45) is 0 Å². The van der Waals surface area contributed by atoms with Gasteiger partial charge in [0, 0.05) is 18.1 Å². The number of ether oxygens (including phenoxy) is 2. The third-order valence-corrected chi connectivity index (χ3v) is 4.20. The van der Waals surface area contributed by atoms with Gasteiger partial charge in [0.1, 0.15) is 0 Å². The van der Waals surface area contributed by atoms with Gasteiger partial charge in [-0.25, -0.2) is 4.90 Å². The van der Waals surface area contributed by atoms with E-state index in [1.165, 1.54) is 20.3 Å². The predicted octanol–water partition coefficient (Wildman–Crippen LogP) is 2.52. The van der Waals surface area contributed by atoms with Gasteiger partial charge in [0.2, 0.25) is 0 Å². The fourth-order valence-electron chi connectivity index (χ4n) is 3.01.